The van der Waals surface area contributed by atoms with Gasteiger partial charge in [-0.05, 0) is 25.2 Å². The molecule has 1 aromatic carbocycles. The van der Waals surface area contributed by atoms with Crippen LogP contribution in [0.25, 0.3) is 11.0 Å². The van der Waals surface area contributed by atoms with Crippen LogP contribution in [0.2, 0.25) is 0 Å². The third-order valence-electron chi connectivity index (χ3n) is 4.25. The Morgan fingerprint density at radius 3 is 3.04 bits per heavy atom. The van der Waals surface area contributed by atoms with Crippen molar-refractivity contribution in [1.29, 1.82) is 0 Å². The zero-order valence-electron chi connectivity index (χ0n) is 14.2. The molecule has 0 amide bonds. The number of piperazine rings is 1. The fourth-order valence-electron chi connectivity index (χ4n) is 2.83. The van der Waals surface area contributed by atoms with E-state index in [-0.39, 0.29) is 25.1 Å². The standard InChI is InChI=1S/C17H18N4O4.ClH/c1-21-7-6-18-9-13(21)17-19-15(25-20-17)10-23-12-4-2-11-3-5-16(22)24-14(11)8-12;/h2-5,8,13,18H,6-7,9-10H2,1H3;1H. The number of fused-ring (bicyclic) bond motifs is 1. The second-order valence-corrected chi connectivity index (χ2v) is 5.99. The molecule has 3 heterocycles. The maximum Gasteiger partial charge on any atom is 0.336 e. The van der Waals surface area contributed by atoms with Gasteiger partial charge in [0, 0.05) is 37.2 Å². The minimum Gasteiger partial charge on any atom is -0.484 e. The Morgan fingerprint density at radius 2 is 2.19 bits per heavy atom. The molecule has 1 fully saturated rings. The van der Waals surface area contributed by atoms with Crippen LogP contribution in [0.4, 0.5) is 0 Å². The van der Waals surface area contributed by atoms with E-state index in [1.165, 1.54) is 6.07 Å². The van der Waals surface area contributed by atoms with E-state index in [0.717, 1.165) is 25.0 Å². The highest BCUT2D eigenvalue weighted by atomic mass is 35.5. The molecule has 1 N–H and O–H groups in total. The van der Waals surface area contributed by atoms with Crippen molar-refractivity contribution in [3.63, 3.8) is 0 Å². The first-order valence-corrected chi connectivity index (χ1v) is 8.09. The monoisotopic (exact) mass is 378 g/mol. The van der Waals surface area contributed by atoms with Crippen LogP contribution in [0.15, 0.2) is 44.1 Å². The van der Waals surface area contributed by atoms with Gasteiger partial charge in [0.2, 0.25) is 0 Å². The topological polar surface area (TPSA) is 93.6 Å². The number of hydrogen-bond acceptors (Lipinski definition) is 8. The van der Waals surface area contributed by atoms with Gasteiger partial charge in [-0.2, -0.15) is 4.98 Å². The number of benzene rings is 1. The first kappa shape index (κ1) is 18.4. The van der Waals surface area contributed by atoms with Crippen molar-refractivity contribution in [3.8, 4) is 5.75 Å². The van der Waals surface area contributed by atoms with Gasteiger partial charge in [-0.3, -0.25) is 4.90 Å². The number of nitrogens with zero attached hydrogens (tertiary/aromatic N) is 3. The molecule has 2 aromatic heterocycles. The predicted octanol–water partition coefficient (Wildman–Crippen LogP) is 1.75. The van der Waals surface area contributed by atoms with Gasteiger partial charge >= 0.3 is 5.63 Å². The van der Waals surface area contributed by atoms with Gasteiger partial charge in [0.15, 0.2) is 12.4 Å². The van der Waals surface area contributed by atoms with Crippen molar-refractivity contribution in [2.45, 2.75) is 12.6 Å². The molecule has 138 valence electrons. The Bertz CT molecular complexity index is 942. The van der Waals surface area contributed by atoms with Crippen LogP contribution in [0.3, 0.4) is 0 Å². The molecule has 0 saturated carbocycles. The van der Waals surface area contributed by atoms with Gasteiger partial charge < -0.3 is 19.0 Å². The highest BCUT2D eigenvalue weighted by Gasteiger charge is 2.25. The van der Waals surface area contributed by atoms with E-state index in [0.29, 0.717) is 23.0 Å². The molecule has 1 saturated heterocycles. The molecular weight excluding hydrogens is 360 g/mol. The van der Waals surface area contributed by atoms with Gasteiger partial charge in [-0.15, -0.1) is 12.4 Å². The molecule has 9 heteroatoms. The second-order valence-electron chi connectivity index (χ2n) is 5.99. The minimum atomic E-state index is -0.392. The van der Waals surface area contributed by atoms with E-state index in [9.17, 15) is 4.79 Å². The molecule has 0 spiro atoms. The van der Waals surface area contributed by atoms with Crippen molar-refractivity contribution in [3.05, 3.63) is 52.5 Å². The lowest BCUT2D eigenvalue weighted by Gasteiger charge is -2.30. The normalized spacial score (nSPS) is 17.8. The molecule has 1 unspecified atom stereocenters. The summed E-state index contributed by atoms with van der Waals surface area (Å²) in [6.45, 7) is 2.84. The molecule has 8 nitrogen and oxygen atoms in total. The van der Waals surface area contributed by atoms with Gasteiger partial charge in [0.05, 0.1) is 6.04 Å². The maximum atomic E-state index is 11.3. The third kappa shape index (κ3) is 3.87. The summed E-state index contributed by atoms with van der Waals surface area (Å²) in [5, 5.41) is 8.21. The molecule has 3 aromatic rings. The molecule has 1 aliphatic heterocycles. The summed E-state index contributed by atoms with van der Waals surface area (Å²) < 4.78 is 16.1. The number of ether oxygens (including phenoxy) is 1. The second kappa shape index (κ2) is 7.86. The average Bonchev–Trinajstić information content (AvgIpc) is 3.08. The molecule has 0 aliphatic carbocycles. The first-order valence-electron chi connectivity index (χ1n) is 8.09. The number of nitrogens with one attached hydrogen (secondary N) is 1. The van der Waals surface area contributed by atoms with E-state index in [4.69, 9.17) is 13.7 Å². The summed E-state index contributed by atoms with van der Waals surface area (Å²) in [5.74, 6) is 1.62. The number of hydrogen-bond donors (Lipinski definition) is 1. The van der Waals surface area contributed by atoms with Gasteiger partial charge in [-0.25, -0.2) is 4.79 Å². The van der Waals surface area contributed by atoms with Gasteiger partial charge in [0.25, 0.3) is 5.89 Å². The summed E-state index contributed by atoms with van der Waals surface area (Å²) in [7, 11) is 2.04. The Morgan fingerprint density at radius 1 is 1.35 bits per heavy atom. The number of aromatic nitrogens is 2. The Balaban J connectivity index is 0.00000196. The zero-order valence-corrected chi connectivity index (χ0v) is 15.0. The van der Waals surface area contributed by atoms with Crippen molar-refractivity contribution >= 4 is 23.4 Å². The van der Waals surface area contributed by atoms with E-state index in [2.05, 4.69) is 20.4 Å². The van der Waals surface area contributed by atoms with Gasteiger partial charge in [0.1, 0.15) is 11.3 Å². The summed E-state index contributed by atoms with van der Waals surface area (Å²) in [6.07, 6.45) is 0. The third-order valence-corrected chi connectivity index (χ3v) is 4.25. The van der Waals surface area contributed by atoms with Crippen molar-refractivity contribution in [1.82, 2.24) is 20.4 Å². The number of rotatable bonds is 4. The van der Waals surface area contributed by atoms with Crippen molar-refractivity contribution in [2.24, 2.45) is 0 Å². The number of halogens is 1. The lowest BCUT2D eigenvalue weighted by Crippen LogP contribution is -2.44. The first-order chi connectivity index (χ1) is 12.2. The Kier molecular flexibility index (Phi) is 5.55. The molecule has 0 bridgehead atoms. The SMILES string of the molecule is CN1CCNCC1c1noc(COc2ccc3ccc(=O)oc3c2)n1.Cl. The minimum absolute atomic E-state index is 0. The molecule has 1 aliphatic rings. The fraction of sp³-hybridized carbons (Fsp3) is 0.353. The fourth-order valence-corrected chi connectivity index (χ4v) is 2.83. The quantitative estimate of drug-likeness (QED) is 0.686. The number of likely N-dealkylation sites (N-methyl/N-ethyl adjacent to an activating group) is 1. The van der Waals surface area contributed by atoms with Crippen LogP contribution >= 0.6 is 12.4 Å². The van der Waals surface area contributed by atoms with Crippen LogP contribution in [0.1, 0.15) is 17.8 Å². The van der Waals surface area contributed by atoms with Gasteiger partial charge in [-0.1, -0.05) is 5.16 Å². The average molecular weight is 379 g/mol. The Labute approximate surface area is 155 Å². The van der Waals surface area contributed by atoms with Crippen LogP contribution in [-0.2, 0) is 6.61 Å². The largest absolute Gasteiger partial charge is 0.484 e. The van der Waals surface area contributed by atoms with E-state index in [1.807, 2.05) is 13.1 Å². The van der Waals surface area contributed by atoms with Crippen molar-refractivity contribution < 1.29 is 13.7 Å². The van der Waals surface area contributed by atoms with Crippen LogP contribution in [-0.4, -0.2) is 41.7 Å². The Hall–Kier alpha value is -2.42. The summed E-state index contributed by atoms with van der Waals surface area (Å²) in [4.78, 5) is 17.9. The summed E-state index contributed by atoms with van der Waals surface area (Å²) >= 11 is 0. The van der Waals surface area contributed by atoms with Crippen LogP contribution in [0.5, 0.6) is 5.75 Å². The van der Waals surface area contributed by atoms with Crippen LogP contribution < -0.4 is 15.7 Å². The lowest BCUT2D eigenvalue weighted by molar-refractivity contribution is 0.189. The predicted molar refractivity (Wildman–Crippen MR) is 96.6 cm³/mol. The molecule has 1 atom stereocenters. The smallest absolute Gasteiger partial charge is 0.336 e. The maximum absolute atomic E-state index is 11.3. The van der Waals surface area contributed by atoms with Crippen LogP contribution in [0, 0.1) is 0 Å². The summed E-state index contributed by atoms with van der Waals surface area (Å²) in [6, 6.07) is 8.51. The zero-order chi connectivity index (χ0) is 17.2. The van der Waals surface area contributed by atoms with E-state index in [1.54, 1.807) is 18.2 Å². The highest BCUT2D eigenvalue weighted by Crippen LogP contribution is 2.21. The molecule has 0 radical (unpaired) electrons. The van der Waals surface area contributed by atoms with E-state index < -0.39 is 5.63 Å². The highest BCUT2D eigenvalue weighted by molar-refractivity contribution is 5.85. The molecule has 26 heavy (non-hydrogen) atoms. The summed E-state index contributed by atoms with van der Waals surface area (Å²) in [5.41, 5.74) is 0.0857. The van der Waals surface area contributed by atoms with Crippen molar-refractivity contribution in [2.75, 3.05) is 26.7 Å². The van der Waals surface area contributed by atoms with E-state index >= 15 is 0 Å². The molecule has 4 rings (SSSR count). The molecular formula is C17H19ClN4O4. The lowest BCUT2D eigenvalue weighted by atomic mass is 10.2.